The molecule has 0 saturated carbocycles. The number of para-hydroxylation sites is 1. The van der Waals surface area contributed by atoms with Gasteiger partial charge in [-0.3, -0.25) is 4.98 Å². The van der Waals surface area contributed by atoms with Crippen molar-refractivity contribution < 1.29 is 4.74 Å². The molecule has 0 aliphatic heterocycles. The zero-order valence-corrected chi connectivity index (χ0v) is 12.0. The molecule has 0 aliphatic carbocycles. The number of nitrogens with two attached hydrogens (primary N) is 1. The number of aryl methyl sites for hydroxylation is 1. The highest BCUT2D eigenvalue weighted by molar-refractivity contribution is 5.72. The second-order valence-corrected chi connectivity index (χ2v) is 4.47. The van der Waals surface area contributed by atoms with Crippen molar-refractivity contribution in [3.05, 3.63) is 47.8 Å². The Morgan fingerprint density at radius 2 is 2.05 bits per heavy atom. The summed E-state index contributed by atoms with van der Waals surface area (Å²) in [5.41, 5.74) is 9.92. The minimum absolute atomic E-state index is 0.605. The Morgan fingerprint density at radius 3 is 2.80 bits per heavy atom. The Balaban J connectivity index is 2.13. The van der Waals surface area contributed by atoms with Gasteiger partial charge in [-0.05, 0) is 37.1 Å². The van der Waals surface area contributed by atoms with Gasteiger partial charge in [0.1, 0.15) is 5.75 Å². The SMILES string of the molecule is CCOc1cccc(NCc2ncccc2CC)c1N. The topological polar surface area (TPSA) is 60.2 Å². The molecule has 0 radical (unpaired) electrons. The Hall–Kier alpha value is -2.23. The van der Waals surface area contributed by atoms with Gasteiger partial charge in [-0.25, -0.2) is 0 Å². The number of hydrogen-bond donors (Lipinski definition) is 2. The first kappa shape index (κ1) is 14.2. The monoisotopic (exact) mass is 271 g/mol. The van der Waals surface area contributed by atoms with Crippen LogP contribution >= 0.6 is 0 Å². The molecule has 0 unspecified atom stereocenters. The lowest BCUT2D eigenvalue weighted by atomic mass is 10.1. The first-order chi connectivity index (χ1) is 9.76. The van der Waals surface area contributed by atoms with Gasteiger partial charge in [0.25, 0.3) is 0 Å². The normalized spacial score (nSPS) is 10.3. The predicted molar refractivity (Wildman–Crippen MR) is 83.0 cm³/mol. The second kappa shape index (κ2) is 6.80. The lowest BCUT2D eigenvalue weighted by molar-refractivity contribution is 0.342. The van der Waals surface area contributed by atoms with Crippen molar-refractivity contribution in [2.24, 2.45) is 0 Å². The van der Waals surface area contributed by atoms with E-state index >= 15 is 0 Å². The molecule has 106 valence electrons. The van der Waals surface area contributed by atoms with E-state index in [1.807, 2.05) is 37.4 Å². The summed E-state index contributed by atoms with van der Waals surface area (Å²) in [5, 5.41) is 3.34. The fourth-order valence-electron chi connectivity index (χ4n) is 2.11. The molecule has 0 atom stereocenters. The van der Waals surface area contributed by atoms with Gasteiger partial charge >= 0.3 is 0 Å². The quantitative estimate of drug-likeness (QED) is 0.792. The first-order valence-corrected chi connectivity index (χ1v) is 6.94. The highest BCUT2D eigenvalue weighted by Crippen LogP contribution is 2.29. The molecule has 0 aliphatic rings. The highest BCUT2D eigenvalue weighted by atomic mass is 16.5. The maximum absolute atomic E-state index is 6.10. The van der Waals surface area contributed by atoms with E-state index in [0.717, 1.165) is 17.8 Å². The van der Waals surface area contributed by atoms with Gasteiger partial charge in [-0.1, -0.05) is 19.1 Å². The lowest BCUT2D eigenvalue weighted by Gasteiger charge is -2.14. The predicted octanol–water partition coefficient (Wildman–Crippen LogP) is 3.24. The molecule has 2 aromatic rings. The summed E-state index contributed by atoms with van der Waals surface area (Å²) in [4.78, 5) is 4.42. The van der Waals surface area contributed by atoms with Gasteiger partial charge in [-0.15, -0.1) is 0 Å². The first-order valence-electron chi connectivity index (χ1n) is 6.94. The number of nitrogens with zero attached hydrogens (tertiary/aromatic N) is 1. The number of aromatic nitrogens is 1. The molecule has 4 nitrogen and oxygen atoms in total. The fraction of sp³-hybridized carbons (Fsp3) is 0.312. The van der Waals surface area contributed by atoms with Crippen LogP contribution in [0.4, 0.5) is 11.4 Å². The Morgan fingerprint density at radius 1 is 1.20 bits per heavy atom. The molecule has 20 heavy (non-hydrogen) atoms. The molecule has 1 heterocycles. The number of benzene rings is 1. The van der Waals surface area contributed by atoms with Crippen molar-refractivity contribution in [1.82, 2.24) is 4.98 Å². The van der Waals surface area contributed by atoms with E-state index in [1.54, 1.807) is 0 Å². The molecule has 0 saturated heterocycles. The Labute approximate surface area is 120 Å². The minimum Gasteiger partial charge on any atom is -0.492 e. The summed E-state index contributed by atoms with van der Waals surface area (Å²) in [6, 6.07) is 9.83. The maximum Gasteiger partial charge on any atom is 0.144 e. The van der Waals surface area contributed by atoms with Crippen LogP contribution in [0, 0.1) is 0 Å². The number of nitrogens with one attached hydrogen (secondary N) is 1. The number of anilines is 2. The van der Waals surface area contributed by atoms with E-state index in [0.29, 0.717) is 24.6 Å². The van der Waals surface area contributed by atoms with Crippen molar-refractivity contribution in [2.45, 2.75) is 26.8 Å². The van der Waals surface area contributed by atoms with Crippen LogP contribution in [-0.4, -0.2) is 11.6 Å². The maximum atomic E-state index is 6.10. The molecule has 0 bridgehead atoms. The lowest BCUT2D eigenvalue weighted by Crippen LogP contribution is -2.07. The summed E-state index contributed by atoms with van der Waals surface area (Å²) in [6.45, 7) is 5.34. The molecule has 4 heteroatoms. The van der Waals surface area contributed by atoms with Crippen LogP contribution in [0.3, 0.4) is 0 Å². The number of hydrogen-bond acceptors (Lipinski definition) is 4. The molecule has 0 spiro atoms. The zero-order valence-electron chi connectivity index (χ0n) is 12.0. The van der Waals surface area contributed by atoms with Gasteiger partial charge in [0.2, 0.25) is 0 Å². The van der Waals surface area contributed by atoms with Crippen LogP contribution in [0.25, 0.3) is 0 Å². The molecular formula is C16H21N3O. The number of nitrogen functional groups attached to an aromatic ring is 1. The van der Waals surface area contributed by atoms with E-state index in [2.05, 4.69) is 23.3 Å². The molecular weight excluding hydrogens is 250 g/mol. The molecule has 2 rings (SSSR count). The summed E-state index contributed by atoms with van der Waals surface area (Å²) in [6.07, 6.45) is 2.79. The van der Waals surface area contributed by atoms with Crippen LogP contribution in [0.5, 0.6) is 5.75 Å². The summed E-state index contributed by atoms with van der Waals surface area (Å²) in [7, 11) is 0. The molecule has 3 N–H and O–H groups in total. The Kier molecular flexibility index (Phi) is 4.82. The van der Waals surface area contributed by atoms with E-state index in [4.69, 9.17) is 10.5 Å². The standard InChI is InChI=1S/C16H21N3O/c1-3-12-7-6-10-18-14(12)11-19-13-8-5-9-15(16(13)17)20-4-2/h5-10,19H,3-4,11,17H2,1-2H3. The average Bonchev–Trinajstić information content (AvgIpc) is 2.48. The average molecular weight is 271 g/mol. The third-order valence-corrected chi connectivity index (χ3v) is 3.18. The van der Waals surface area contributed by atoms with Gasteiger partial charge < -0.3 is 15.8 Å². The van der Waals surface area contributed by atoms with Crippen LogP contribution in [-0.2, 0) is 13.0 Å². The molecule has 1 aromatic carbocycles. The van der Waals surface area contributed by atoms with Crippen LogP contribution in [0.1, 0.15) is 25.1 Å². The van der Waals surface area contributed by atoms with Crippen molar-refractivity contribution in [3.63, 3.8) is 0 Å². The smallest absolute Gasteiger partial charge is 0.144 e. The van der Waals surface area contributed by atoms with Crippen molar-refractivity contribution in [1.29, 1.82) is 0 Å². The van der Waals surface area contributed by atoms with Gasteiger partial charge in [0.05, 0.1) is 30.2 Å². The van der Waals surface area contributed by atoms with Crippen LogP contribution < -0.4 is 15.8 Å². The van der Waals surface area contributed by atoms with Crippen LogP contribution in [0.15, 0.2) is 36.5 Å². The van der Waals surface area contributed by atoms with Crippen molar-refractivity contribution in [2.75, 3.05) is 17.7 Å². The largest absolute Gasteiger partial charge is 0.492 e. The van der Waals surface area contributed by atoms with Gasteiger partial charge in [0.15, 0.2) is 0 Å². The summed E-state index contributed by atoms with van der Waals surface area (Å²) >= 11 is 0. The third-order valence-electron chi connectivity index (χ3n) is 3.18. The summed E-state index contributed by atoms with van der Waals surface area (Å²) < 4.78 is 5.49. The summed E-state index contributed by atoms with van der Waals surface area (Å²) in [5.74, 6) is 0.717. The minimum atomic E-state index is 0.605. The van der Waals surface area contributed by atoms with Gasteiger partial charge in [0, 0.05) is 6.20 Å². The number of pyridine rings is 1. The number of rotatable bonds is 6. The molecule has 0 fully saturated rings. The zero-order chi connectivity index (χ0) is 14.4. The van der Waals surface area contributed by atoms with Crippen molar-refractivity contribution in [3.8, 4) is 5.75 Å². The van der Waals surface area contributed by atoms with Crippen LogP contribution in [0.2, 0.25) is 0 Å². The molecule has 0 amide bonds. The highest BCUT2D eigenvalue weighted by Gasteiger charge is 2.07. The van der Waals surface area contributed by atoms with E-state index < -0.39 is 0 Å². The van der Waals surface area contributed by atoms with E-state index in [-0.39, 0.29) is 0 Å². The number of ether oxygens (including phenoxy) is 1. The molecule has 1 aromatic heterocycles. The third kappa shape index (κ3) is 3.20. The Bertz CT molecular complexity index is 569. The van der Waals surface area contributed by atoms with E-state index in [1.165, 1.54) is 5.56 Å². The van der Waals surface area contributed by atoms with Gasteiger partial charge in [-0.2, -0.15) is 0 Å². The fourth-order valence-corrected chi connectivity index (χ4v) is 2.11. The van der Waals surface area contributed by atoms with Crippen molar-refractivity contribution >= 4 is 11.4 Å². The second-order valence-electron chi connectivity index (χ2n) is 4.47. The van der Waals surface area contributed by atoms with E-state index in [9.17, 15) is 0 Å².